The van der Waals surface area contributed by atoms with Gasteiger partial charge in [0.2, 0.25) is 11.8 Å². The second kappa shape index (κ2) is 9.11. The summed E-state index contributed by atoms with van der Waals surface area (Å²) in [7, 11) is 1.56. The van der Waals surface area contributed by atoms with Gasteiger partial charge >= 0.3 is 0 Å². The summed E-state index contributed by atoms with van der Waals surface area (Å²) >= 11 is 0. The number of hydrogen-bond acceptors (Lipinski definition) is 4. The van der Waals surface area contributed by atoms with Gasteiger partial charge in [0.05, 0.1) is 12.8 Å². The number of carbonyl (C=O) groups is 2. The number of methoxy groups -OCH3 is 1. The lowest BCUT2D eigenvalue weighted by atomic mass is 9.85. The van der Waals surface area contributed by atoms with E-state index in [-0.39, 0.29) is 23.8 Å². The molecule has 0 unspecified atom stereocenters. The van der Waals surface area contributed by atoms with E-state index in [4.69, 9.17) is 10.5 Å². The molecule has 0 aromatic heterocycles. The van der Waals surface area contributed by atoms with Gasteiger partial charge in [-0.3, -0.25) is 9.59 Å². The number of nitrogen functional groups attached to an aromatic ring is 1. The summed E-state index contributed by atoms with van der Waals surface area (Å²) in [5.41, 5.74) is 7.08. The smallest absolute Gasteiger partial charge is 0.227 e. The standard InChI is InChI=1S/C21H31N3O3/c1-27-19-11-10-17(13-18(19)22)24-21(26)15-6-8-16(9-7-15)23-20(25)12-14-4-2-3-5-14/h10-11,13-16H,2-9,12,22H2,1H3,(H,23,25)(H,24,26). The SMILES string of the molecule is COc1ccc(NC(=O)C2CCC(NC(=O)CC3CCCC3)CC2)cc1N. The van der Waals surface area contributed by atoms with Gasteiger partial charge in [0.15, 0.2) is 0 Å². The van der Waals surface area contributed by atoms with E-state index in [2.05, 4.69) is 10.6 Å². The monoisotopic (exact) mass is 373 g/mol. The van der Waals surface area contributed by atoms with Crippen molar-refractivity contribution in [2.24, 2.45) is 11.8 Å². The van der Waals surface area contributed by atoms with Crippen molar-refractivity contribution in [2.75, 3.05) is 18.2 Å². The van der Waals surface area contributed by atoms with Crippen LogP contribution in [0, 0.1) is 11.8 Å². The summed E-state index contributed by atoms with van der Waals surface area (Å²) in [6.45, 7) is 0. The highest BCUT2D eigenvalue weighted by Gasteiger charge is 2.28. The van der Waals surface area contributed by atoms with Crippen LogP contribution in [0.2, 0.25) is 0 Å². The number of anilines is 2. The molecule has 2 fully saturated rings. The number of amides is 2. The Morgan fingerprint density at radius 2 is 1.81 bits per heavy atom. The lowest BCUT2D eigenvalue weighted by Gasteiger charge is -2.28. The first-order chi connectivity index (χ1) is 13.0. The third-order valence-electron chi connectivity index (χ3n) is 5.91. The number of hydrogen-bond donors (Lipinski definition) is 3. The Morgan fingerprint density at radius 1 is 1.11 bits per heavy atom. The van der Waals surface area contributed by atoms with Crippen molar-refractivity contribution in [2.45, 2.75) is 63.8 Å². The van der Waals surface area contributed by atoms with Crippen LogP contribution in [-0.4, -0.2) is 25.0 Å². The van der Waals surface area contributed by atoms with Gasteiger partial charge in [-0.15, -0.1) is 0 Å². The molecule has 0 atom stereocenters. The zero-order valence-corrected chi connectivity index (χ0v) is 16.1. The Morgan fingerprint density at radius 3 is 2.44 bits per heavy atom. The molecule has 2 amide bonds. The van der Waals surface area contributed by atoms with Gasteiger partial charge in [-0.05, 0) is 62.6 Å². The third-order valence-corrected chi connectivity index (χ3v) is 5.91. The summed E-state index contributed by atoms with van der Waals surface area (Å²) in [6, 6.07) is 5.47. The van der Waals surface area contributed by atoms with Crippen molar-refractivity contribution in [1.29, 1.82) is 0 Å². The van der Waals surface area contributed by atoms with Crippen LogP contribution in [0.4, 0.5) is 11.4 Å². The van der Waals surface area contributed by atoms with Crippen LogP contribution in [0.3, 0.4) is 0 Å². The molecule has 6 nitrogen and oxygen atoms in total. The van der Waals surface area contributed by atoms with Crippen molar-refractivity contribution >= 4 is 23.2 Å². The van der Waals surface area contributed by atoms with Gasteiger partial charge in [-0.25, -0.2) is 0 Å². The fourth-order valence-electron chi connectivity index (χ4n) is 4.32. The second-order valence-electron chi connectivity index (χ2n) is 7.92. The van der Waals surface area contributed by atoms with Crippen molar-refractivity contribution in [3.63, 3.8) is 0 Å². The van der Waals surface area contributed by atoms with Gasteiger partial charge in [0.25, 0.3) is 0 Å². The summed E-state index contributed by atoms with van der Waals surface area (Å²) in [5, 5.41) is 6.12. The molecule has 0 saturated heterocycles. The molecule has 2 saturated carbocycles. The molecule has 4 N–H and O–H groups in total. The molecule has 27 heavy (non-hydrogen) atoms. The zero-order valence-electron chi connectivity index (χ0n) is 16.1. The Balaban J connectivity index is 1.42. The first kappa shape index (κ1) is 19.5. The summed E-state index contributed by atoms with van der Waals surface area (Å²) < 4.78 is 5.13. The van der Waals surface area contributed by atoms with Gasteiger partial charge in [-0.2, -0.15) is 0 Å². The predicted molar refractivity (Wildman–Crippen MR) is 106 cm³/mol. The van der Waals surface area contributed by atoms with Crippen LogP contribution < -0.4 is 21.1 Å². The molecule has 3 rings (SSSR count). The summed E-state index contributed by atoms with van der Waals surface area (Å²) in [6.07, 6.45) is 8.89. The quantitative estimate of drug-likeness (QED) is 0.666. The van der Waals surface area contributed by atoms with Crippen molar-refractivity contribution in [1.82, 2.24) is 5.32 Å². The van der Waals surface area contributed by atoms with Crippen molar-refractivity contribution in [3.05, 3.63) is 18.2 Å². The lowest BCUT2D eigenvalue weighted by molar-refractivity contribution is -0.123. The minimum absolute atomic E-state index is 0.0173. The largest absolute Gasteiger partial charge is 0.495 e. The van der Waals surface area contributed by atoms with E-state index in [9.17, 15) is 9.59 Å². The summed E-state index contributed by atoms with van der Waals surface area (Å²) in [5.74, 6) is 1.36. The van der Waals surface area contributed by atoms with E-state index in [1.165, 1.54) is 25.7 Å². The molecule has 0 heterocycles. The molecule has 2 aliphatic rings. The minimum atomic E-state index is -0.0173. The number of nitrogens with one attached hydrogen (secondary N) is 2. The van der Waals surface area contributed by atoms with Crippen LogP contribution in [0.15, 0.2) is 18.2 Å². The first-order valence-electron chi connectivity index (χ1n) is 10.1. The van der Waals surface area contributed by atoms with E-state index in [1.54, 1.807) is 25.3 Å². The fraction of sp³-hybridized carbons (Fsp3) is 0.619. The highest BCUT2D eigenvalue weighted by Crippen LogP contribution is 2.30. The number of ether oxygens (including phenoxy) is 1. The molecular weight excluding hydrogens is 342 g/mol. The number of carbonyl (C=O) groups excluding carboxylic acids is 2. The average molecular weight is 373 g/mol. The molecule has 1 aromatic rings. The average Bonchev–Trinajstić information content (AvgIpc) is 3.15. The molecule has 2 aliphatic carbocycles. The van der Waals surface area contributed by atoms with E-state index in [0.29, 0.717) is 29.5 Å². The normalized spacial score (nSPS) is 23.0. The van der Waals surface area contributed by atoms with E-state index in [1.807, 2.05) is 0 Å². The molecule has 0 bridgehead atoms. The second-order valence-corrected chi connectivity index (χ2v) is 7.92. The molecule has 0 spiro atoms. The van der Waals surface area contributed by atoms with E-state index in [0.717, 1.165) is 25.7 Å². The van der Waals surface area contributed by atoms with Crippen molar-refractivity contribution < 1.29 is 14.3 Å². The molecular formula is C21H31N3O3. The van der Waals surface area contributed by atoms with E-state index < -0.39 is 0 Å². The van der Waals surface area contributed by atoms with Crippen LogP contribution in [0.5, 0.6) is 5.75 Å². The fourth-order valence-corrected chi connectivity index (χ4v) is 4.32. The predicted octanol–water partition coefficient (Wildman–Crippen LogP) is 3.47. The highest BCUT2D eigenvalue weighted by molar-refractivity contribution is 5.93. The van der Waals surface area contributed by atoms with Gasteiger partial charge in [-0.1, -0.05) is 12.8 Å². The minimum Gasteiger partial charge on any atom is -0.495 e. The van der Waals surface area contributed by atoms with Crippen molar-refractivity contribution in [3.8, 4) is 5.75 Å². The maximum absolute atomic E-state index is 12.5. The van der Waals surface area contributed by atoms with Crippen LogP contribution in [0.25, 0.3) is 0 Å². The molecule has 0 radical (unpaired) electrons. The Bertz CT molecular complexity index is 663. The van der Waals surface area contributed by atoms with Crippen LogP contribution >= 0.6 is 0 Å². The third kappa shape index (κ3) is 5.37. The number of nitrogens with two attached hydrogens (primary N) is 1. The van der Waals surface area contributed by atoms with Gasteiger partial charge in [0.1, 0.15) is 5.75 Å². The zero-order chi connectivity index (χ0) is 19.2. The first-order valence-corrected chi connectivity index (χ1v) is 10.1. The number of rotatable bonds is 6. The maximum Gasteiger partial charge on any atom is 0.227 e. The van der Waals surface area contributed by atoms with Crippen LogP contribution in [-0.2, 0) is 9.59 Å². The Labute approximate surface area is 161 Å². The highest BCUT2D eigenvalue weighted by atomic mass is 16.5. The lowest BCUT2D eigenvalue weighted by Crippen LogP contribution is -2.40. The maximum atomic E-state index is 12.5. The Kier molecular flexibility index (Phi) is 6.58. The number of benzene rings is 1. The summed E-state index contributed by atoms with van der Waals surface area (Å²) in [4.78, 5) is 24.7. The topological polar surface area (TPSA) is 93.5 Å². The van der Waals surface area contributed by atoms with Crippen LogP contribution in [0.1, 0.15) is 57.8 Å². The van der Waals surface area contributed by atoms with Gasteiger partial charge < -0.3 is 21.1 Å². The molecule has 1 aromatic carbocycles. The van der Waals surface area contributed by atoms with Gasteiger partial charge in [0, 0.05) is 24.1 Å². The Hall–Kier alpha value is -2.24. The molecule has 148 valence electrons. The molecule has 0 aliphatic heterocycles. The van der Waals surface area contributed by atoms with E-state index >= 15 is 0 Å². The molecule has 6 heteroatoms.